The van der Waals surface area contributed by atoms with Crippen molar-refractivity contribution in [3.63, 3.8) is 0 Å². The molecule has 0 aliphatic heterocycles. The van der Waals surface area contributed by atoms with E-state index in [0.29, 0.717) is 5.69 Å². The highest BCUT2D eigenvalue weighted by Crippen LogP contribution is 2.27. The van der Waals surface area contributed by atoms with Crippen molar-refractivity contribution < 1.29 is 18.7 Å². The number of alkyl halides is 2. The van der Waals surface area contributed by atoms with Crippen molar-refractivity contribution in [2.45, 2.75) is 19.0 Å². The van der Waals surface area contributed by atoms with Gasteiger partial charge in [0.05, 0.1) is 17.0 Å². The van der Waals surface area contributed by atoms with Crippen LogP contribution in [-0.4, -0.2) is 35.1 Å². The molecule has 2 aromatic rings. The highest BCUT2D eigenvalue weighted by Gasteiger charge is 2.17. The minimum atomic E-state index is -2.86. The van der Waals surface area contributed by atoms with Gasteiger partial charge >= 0.3 is 0 Å². The summed E-state index contributed by atoms with van der Waals surface area (Å²) in [5.74, 6) is -0.437. The number of hydrogen-bond acceptors (Lipinski definition) is 5. The van der Waals surface area contributed by atoms with Crippen LogP contribution in [0.4, 0.5) is 8.78 Å². The highest BCUT2D eigenvalue weighted by molar-refractivity contribution is 7.20. The number of thiophene rings is 1. The predicted octanol–water partition coefficient (Wildman–Crippen LogP) is 2.16. The quantitative estimate of drug-likeness (QED) is 0.858. The first kappa shape index (κ1) is 15.0. The molecule has 2 aromatic heterocycles. The number of aliphatic hydroxyl groups is 1. The first-order valence-electron chi connectivity index (χ1n) is 5.77. The van der Waals surface area contributed by atoms with Gasteiger partial charge in [-0.2, -0.15) is 0 Å². The molecule has 0 aliphatic rings. The van der Waals surface area contributed by atoms with Gasteiger partial charge in [-0.05, 0) is 11.4 Å². The molecule has 1 atom stereocenters. The van der Waals surface area contributed by atoms with Gasteiger partial charge in [0.1, 0.15) is 11.1 Å². The Balaban J connectivity index is 1.86. The molecule has 0 bridgehead atoms. The molecule has 2 N–H and O–H groups in total. The van der Waals surface area contributed by atoms with Crippen molar-refractivity contribution in [3.8, 4) is 9.88 Å². The summed E-state index contributed by atoms with van der Waals surface area (Å²) in [4.78, 5) is 16.9. The number of nitrogens with zero attached hydrogens (tertiary/aromatic N) is 1. The Bertz CT molecular complexity index is 558. The summed E-state index contributed by atoms with van der Waals surface area (Å²) >= 11 is 2.99. The molecule has 108 valence electrons. The normalized spacial score (nSPS) is 12.6. The summed E-state index contributed by atoms with van der Waals surface area (Å²) in [5, 5.41) is 15.7. The Kier molecular flexibility index (Phi) is 5.16. The third kappa shape index (κ3) is 4.06. The van der Waals surface area contributed by atoms with E-state index in [0.717, 1.165) is 9.88 Å². The van der Waals surface area contributed by atoms with Gasteiger partial charge in [0.15, 0.2) is 0 Å². The van der Waals surface area contributed by atoms with E-state index in [4.69, 9.17) is 5.11 Å². The number of nitrogens with one attached hydrogen (secondary N) is 1. The standard InChI is InChI=1S/C12H12F2N2O2S2/c13-11(14)8(17)5-15-10(18)4-7-6-20-12(16-7)9-2-1-3-19-9/h1-3,6,8,11,17H,4-5H2,(H,15,18). The Morgan fingerprint density at radius 1 is 1.45 bits per heavy atom. The molecule has 0 radical (unpaired) electrons. The van der Waals surface area contributed by atoms with Crippen LogP contribution in [-0.2, 0) is 11.2 Å². The van der Waals surface area contributed by atoms with Crippen LogP contribution in [0.2, 0.25) is 0 Å². The lowest BCUT2D eigenvalue weighted by molar-refractivity contribution is -0.121. The highest BCUT2D eigenvalue weighted by atomic mass is 32.1. The van der Waals surface area contributed by atoms with Gasteiger partial charge in [0, 0.05) is 11.9 Å². The molecule has 2 rings (SSSR count). The Morgan fingerprint density at radius 2 is 2.25 bits per heavy atom. The molecular weight excluding hydrogens is 306 g/mol. The Hall–Kier alpha value is -1.38. The smallest absolute Gasteiger partial charge is 0.265 e. The van der Waals surface area contributed by atoms with Gasteiger partial charge in [0.25, 0.3) is 6.43 Å². The van der Waals surface area contributed by atoms with Crippen molar-refractivity contribution in [1.29, 1.82) is 0 Å². The number of amides is 1. The second-order valence-corrected chi connectivity index (χ2v) is 5.81. The van der Waals surface area contributed by atoms with E-state index < -0.39 is 25.0 Å². The van der Waals surface area contributed by atoms with Gasteiger partial charge in [-0.1, -0.05) is 6.07 Å². The first-order chi connectivity index (χ1) is 9.56. The van der Waals surface area contributed by atoms with Gasteiger partial charge in [0.2, 0.25) is 5.91 Å². The largest absolute Gasteiger partial charge is 0.385 e. The third-order valence-electron chi connectivity index (χ3n) is 2.42. The molecule has 0 spiro atoms. The molecule has 4 nitrogen and oxygen atoms in total. The summed E-state index contributed by atoms with van der Waals surface area (Å²) in [7, 11) is 0. The fourth-order valence-corrected chi connectivity index (χ4v) is 3.07. The van der Waals surface area contributed by atoms with Crippen LogP contribution in [0.5, 0.6) is 0 Å². The fraction of sp³-hybridized carbons (Fsp3) is 0.333. The van der Waals surface area contributed by atoms with Gasteiger partial charge in [-0.3, -0.25) is 4.79 Å². The predicted molar refractivity (Wildman–Crippen MR) is 74.2 cm³/mol. The van der Waals surface area contributed by atoms with E-state index in [-0.39, 0.29) is 6.42 Å². The lowest BCUT2D eigenvalue weighted by Gasteiger charge is -2.09. The van der Waals surface area contributed by atoms with E-state index in [1.807, 2.05) is 17.5 Å². The van der Waals surface area contributed by atoms with Crippen molar-refractivity contribution in [2.75, 3.05) is 6.54 Å². The Labute approximate surface area is 122 Å². The lowest BCUT2D eigenvalue weighted by atomic mass is 10.3. The molecule has 8 heteroatoms. The average molecular weight is 318 g/mol. The topological polar surface area (TPSA) is 62.2 Å². The van der Waals surface area contributed by atoms with Crippen LogP contribution in [0.3, 0.4) is 0 Å². The second kappa shape index (κ2) is 6.87. The number of carbonyl (C=O) groups is 1. The second-order valence-electron chi connectivity index (χ2n) is 4.00. The molecule has 20 heavy (non-hydrogen) atoms. The van der Waals surface area contributed by atoms with Gasteiger partial charge < -0.3 is 10.4 Å². The molecule has 1 unspecified atom stereocenters. The van der Waals surface area contributed by atoms with E-state index >= 15 is 0 Å². The zero-order valence-corrected chi connectivity index (χ0v) is 11.9. The molecule has 0 fully saturated rings. The molecule has 0 saturated carbocycles. The van der Waals surface area contributed by atoms with Crippen molar-refractivity contribution in [3.05, 3.63) is 28.6 Å². The molecule has 2 heterocycles. The number of thiazole rings is 1. The van der Waals surface area contributed by atoms with Gasteiger partial charge in [-0.25, -0.2) is 13.8 Å². The summed E-state index contributed by atoms with van der Waals surface area (Å²) < 4.78 is 24.1. The van der Waals surface area contributed by atoms with E-state index in [1.165, 1.54) is 11.3 Å². The minimum Gasteiger partial charge on any atom is -0.385 e. The molecule has 1 amide bonds. The van der Waals surface area contributed by atoms with Gasteiger partial charge in [-0.15, -0.1) is 22.7 Å². The molecule has 0 aliphatic carbocycles. The van der Waals surface area contributed by atoms with Crippen LogP contribution in [0, 0.1) is 0 Å². The molecular formula is C12H12F2N2O2S2. The number of aliphatic hydroxyl groups excluding tert-OH is 1. The van der Waals surface area contributed by atoms with E-state index in [2.05, 4.69) is 10.3 Å². The van der Waals surface area contributed by atoms with Crippen molar-refractivity contribution >= 4 is 28.6 Å². The zero-order valence-electron chi connectivity index (χ0n) is 10.3. The van der Waals surface area contributed by atoms with Crippen LogP contribution in [0.1, 0.15) is 5.69 Å². The van der Waals surface area contributed by atoms with Crippen LogP contribution >= 0.6 is 22.7 Å². The minimum absolute atomic E-state index is 0.0117. The van der Waals surface area contributed by atoms with Crippen LogP contribution in [0.25, 0.3) is 9.88 Å². The lowest BCUT2D eigenvalue weighted by Crippen LogP contribution is -2.36. The number of halogens is 2. The summed E-state index contributed by atoms with van der Waals surface area (Å²) in [6, 6.07) is 3.85. The van der Waals surface area contributed by atoms with Crippen molar-refractivity contribution in [1.82, 2.24) is 10.3 Å². The maximum atomic E-state index is 12.1. The van der Waals surface area contributed by atoms with E-state index in [1.54, 1.807) is 16.7 Å². The van der Waals surface area contributed by atoms with Crippen LogP contribution < -0.4 is 5.32 Å². The third-order valence-corrected chi connectivity index (χ3v) is 4.35. The summed E-state index contributed by atoms with van der Waals surface area (Å²) in [6.07, 6.45) is -4.69. The maximum absolute atomic E-state index is 12.1. The molecule has 0 aromatic carbocycles. The summed E-state index contributed by atoms with van der Waals surface area (Å²) in [6.45, 7) is -0.460. The zero-order chi connectivity index (χ0) is 14.5. The fourth-order valence-electron chi connectivity index (χ4n) is 1.44. The van der Waals surface area contributed by atoms with Crippen LogP contribution in [0.15, 0.2) is 22.9 Å². The number of aromatic nitrogens is 1. The number of carbonyl (C=O) groups excluding carboxylic acids is 1. The number of rotatable bonds is 6. The Morgan fingerprint density at radius 3 is 2.90 bits per heavy atom. The average Bonchev–Trinajstić information content (AvgIpc) is 3.05. The maximum Gasteiger partial charge on any atom is 0.265 e. The molecule has 0 saturated heterocycles. The first-order valence-corrected chi connectivity index (χ1v) is 7.53. The monoisotopic (exact) mass is 318 g/mol. The SMILES string of the molecule is O=C(Cc1csc(-c2cccs2)n1)NCC(O)C(F)F. The number of hydrogen-bond donors (Lipinski definition) is 2. The van der Waals surface area contributed by atoms with Crippen molar-refractivity contribution in [2.24, 2.45) is 0 Å². The van der Waals surface area contributed by atoms with E-state index in [9.17, 15) is 13.6 Å². The summed E-state index contributed by atoms with van der Waals surface area (Å²) in [5.41, 5.74) is 0.586.